The van der Waals surface area contributed by atoms with E-state index in [0.29, 0.717) is 17.7 Å². The van der Waals surface area contributed by atoms with Crippen LogP contribution in [0.15, 0.2) is 54.6 Å². The van der Waals surface area contributed by atoms with Crippen molar-refractivity contribution in [2.45, 2.75) is 19.1 Å². The molecule has 0 aliphatic carbocycles. The number of carbonyl (C=O) groups is 1. The zero-order valence-corrected chi connectivity index (χ0v) is 16.1. The number of benzene rings is 2. The highest BCUT2D eigenvalue weighted by molar-refractivity contribution is 7.89. The molecular formula is C20H26N2O3S. The standard InChI is InChI=1S/C20H26N2O3S/c1-3-22(19-8-5-4-6-9-19)15-7-14-21-20(23)18-12-10-17(11-13-18)16-26(2,24)25/h4-6,8-13H,3,7,14-16H2,1-2H3,(H,21,23). The monoisotopic (exact) mass is 374 g/mol. The number of sulfone groups is 1. The van der Waals surface area contributed by atoms with Gasteiger partial charge in [0.2, 0.25) is 0 Å². The van der Waals surface area contributed by atoms with Gasteiger partial charge >= 0.3 is 0 Å². The van der Waals surface area contributed by atoms with Gasteiger partial charge in [0, 0.05) is 37.1 Å². The molecule has 1 amide bonds. The van der Waals surface area contributed by atoms with Gasteiger partial charge < -0.3 is 10.2 Å². The lowest BCUT2D eigenvalue weighted by Crippen LogP contribution is -2.29. The predicted octanol–water partition coefficient (Wildman–Crippen LogP) is 2.88. The second-order valence-electron chi connectivity index (χ2n) is 6.29. The van der Waals surface area contributed by atoms with Gasteiger partial charge in [0.15, 0.2) is 9.84 Å². The van der Waals surface area contributed by atoms with Crippen LogP contribution in [0.4, 0.5) is 5.69 Å². The first-order valence-corrected chi connectivity index (χ1v) is 10.8. The molecule has 0 atom stereocenters. The highest BCUT2D eigenvalue weighted by Crippen LogP contribution is 2.13. The summed E-state index contributed by atoms with van der Waals surface area (Å²) < 4.78 is 22.6. The Bertz CT molecular complexity index is 803. The van der Waals surface area contributed by atoms with Gasteiger partial charge in [-0.15, -0.1) is 0 Å². The predicted molar refractivity (Wildman–Crippen MR) is 106 cm³/mol. The number of nitrogens with one attached hydrogen (secondary N) is 1. The van der Waals surface area contributed by atoms with Crippen LogP contribution in [0.1, 0.15) is 29.3 Å². The number of anilines is 1. The molecule has 2 aromatic carbocycles. The molecule has 0 heterocycles. The van der Waals surface area contributed by atoms with E-state index in [2.05, 4.69) is 29.3 Å². The Hall–Kier alpha value is -2.34. The quantitative estimate of drug-likeness (QED) is 0.686. The normalized spacial score (nSPS) is 11.2. The molecule has 26 heavy (non-hydrogen) atoms. The topological polar surface area (TPSA) is 66.5 Å². The molecule has 0 radical (unpaired) electrons. The summed E-state index contributed by atoms with van der Waals surface area (Å²) in [5.74, 6) is -0.153. The van der Waals surface area contributed by atoms with Crippen molar-refractivity contribution in [1.82, 2.24) is 5.32 Å². The third kappa shape index (κ3) is 6.52. The van der Waals surface area contributed by atoms with E-state index in [1.807, 2.05) is 18.2 Å². The molecule has 0 aliphatic heterocycles. The Labute approximate surface area is 156 Å². The van der Waals surface area contributed by atoms with Crippen molar-refractivity contribution in [3.8, 4) is 0 Å². The van der Waals surface area contributed by atoms with Crippen molar-refractivity contribution < 1.29 is 13.2 Å². The average Bonchev–Trinajstić information content (AvgIpc) is 2.61. The van der Waals surface area contributed by atoms with Crippen LogP contribution >= 0.6 is 0 Å². The first kappa shape index (κ1) is 20.0. The van der Waals surface area contributed by atoms with Gasteiger partial charge in [-0.1, -0.05) is 30.3 Å². The van der Waals surface area contributed by atoms with Crippen molar-refractivity contribution in [1.29, 1.82) is 0 Å². The van der Waals surface area contributed by atoms with Gasteiger partial charge in [-0.2, -0.15) is 0 Å². The molecule has 0 saturated carbocycles. The minimum atomic E-state index is -3.07. The third-order valence-corrected chi connectivity index (χ3v) is 4.90. The summed E-state index contributed by atoms with van der Waals surface area (Å²) in [5.41, 5.74) is 2.41. The van der Waals surface area contributed by atoms with Crippen LogP contribution in [0.5, 0.6) is 0 Å². The zero-order chi connectivity index (χ0) is 19.0. The minimum absolute atomic E-state index is 0.0127. The number of amides is 1. The number of rotatable bonds is 9. The second-order valence-corrected chi connectivity index (χ2v) is 8.43. The van der Waals surface area contributed by atoms with Crippen molar-refractivity contribution in [3.05, 3.63) is 65.7 Å². The lowest BCUT2D eigenvalue weighted by Gasteiger charge is -2.23. The van der Waals surface area contributed by atoms with Crippen LogP contribution in [-0.2, 0) is 15.6 Å². The number of para-hydroxylation sites is 1. The molecule has 2 aromatic rings. The lowest BCUT2D eigenvalue weighted by molar-refractivity contribution is 0.0953. The Morgan fingerprint density at radius 1 is 1.04 bits per heavy atom. The highest BCUT2D eigenvalue weighted by Gasteiger charge is 2.08. The minimum Gasteiger partial charge on any atom is -0.372 e. The van der Waals surface area contributed by atoms with E-state index in [1.54, 1.807) is 24.3 Å². The fourth-order valence-corrected chi connectivity index (χ4v) is 3.54. The van der Waals surface area contributed by atoms with Crippen LogP contribution in [-0.4, -0.2) is 40.2 Å². The number of carbonyl (C=O) groups excluding carboxylic acids is 1. The molecule has 0 aliphatic rings. The van der Waals surface area contributed by atoms with Crippen LogP contribution in [0, 0.1) is 0 Å². The summed E-state index contributed by atoms with van der Waals surface area (Å²) in [4.78, 5) is 14.5. The summed E-state index contributed by atoms with van der Waals surface area (Å²) in [7, 11) is -3.07. The van der Waals surface area contributed by atoms with E-state index in [4.69, 9.17) is 0 Å². The van der Waals surface area contributed by atoms with Gasteiger partial charge in [-0.25, -0.2) is 8.42 Å². The van der Waals surface area contributed by atoms with Gasteiger partial charge in [0.05, 0.1) is 5.75 Å². The van der Waals surface area contributed by atoms with Crippen LogP contribution in [0.2, 0.25) is 0 Å². The Kier molecular flexibility index (Phi) is 7.21. The molecule has 5 nitrogen and oxygen atoms in total. The zero-order valence-electron chi connectivity index (χ0n) is 15.3. The van der Waals surface area contributed by atoms with Crippen molar-refractivity contribution in [3.63, 3.8) is 0 Å². The maximum absolute atomic E-state index is 12.2. The molecule has 0 fully saturated rings. The first-order chi connectivity index (χ1) is 12.4. The molecular weight excluding hydrogens is 348 g/mol. The van der Waals surface area contributed by atoms with Gasteiger partial charge in [0.1, 0.15) is 0 Å². The van der Waals surface area contributed by atoms with E-state index in [-0.39, 0.29) is 11.7 Å². The number of hydrogen-bond acceptors (Lipinski definition) is 4. The maximum atomic E-state index is 12.2. The number of hydrogen-bond donors (Lipinski definition) is 1. The number of nitrogens with zero attached hydrogens (tertiary/aromatic N) is 1. The van der Waals surface area contributed by atoms with Crippen molar-refractivity contribution in [2.75, 3.05) is 30.8 Å². The molecule has 2 rings (SSSR count). The first-order valence-electron chi connectivity index (χ1n) is 8.74. The summed E-state index contributed by atoms with van der Waals surface area (Å²) in [6, 6.07) is 16.9. The molecule has 0 aromatic heterocycles. The Morgan fingerprint density at radius 3 is 2.27 bits per heavy atom. The van der Waals surface area contributed by atoms with Crippen LogP contribution < -0.4 is 10.2 Å². The molecule has 0 unspecified atom stereocenters. The van der Waals surface area contributed by atoms with E-state index < -0.39 is 9.84 Å². The fourth-order valence-electron chi connectivity index (χ4n) is 2.74. The largest absolute Gasteiger partial charge is 0.372 e. The highest BCUT2D eigenvalue weighted by atomic mass is 32.2. The molecule has 6 heteroatoms. The van der Waals surface area contributed by atoms with Gasteiger partial charge in [-0.05, 0) is 43.2 Å². The molecule has 0 bridgehead atoms. The lowest BCUT2D eigenvalue weighted by atomic mass is 10.1. The molecule has 0 spiro atoms. The van der Waals surface area contributed by atoms with Gasteiger partial charge in [0.25, 0.3) is 5.91 Å². The molecule has 140 valence electrons. The maximum Gasteiger partial charge on any atom is 0.251 e. The van der Waals surface area contributed by atoms with E-state index >= 15 is 0 Å². The van der Waals surface area contributed by atoms with E-state index in [1.165, 1.54) is 11.9 Å². The second kappa shape index (κ2) is 9.38. The van der Waals surface area contributed by atoms with Crippen LogP contribution in [0.3, 0.4) is 0 Å². The third-order valence-electron chi connectivity index (χ3n) is 4.04. The molecule has 1 N–H and O–H groups in total. The Balaban J connectivity index is 1.79. The summed E-state index contributed by atoms with van der Waals surface area (Å²) >= 11 is 0. The van der Waals surface area contributed by atoms with E-state index in [9.17, 15) is 13.2 Å². The van der Waals surface area contributed by atoms with Crippen molar-refractivity contribution in [2.24, 2.45) is 0 Å². The van der Waals surface area contributed by atoms with Crippen molar-refractivity contribution >= 4 is 21.4 Å². The summed E-state index contributed by atoms with van der Waals surface area (Å²) in [5, 5.41) is 2.91. The average molecular weight is 375 g/mol. The smallest absolute Gasteiger partial charge is 0.251 e. The molecule has 0 saturated heterocycles. The summed E-state index contributed by atoms with van der Waals surface area (Å²) in [6.07, 6.45) is 2.04. The fraction of sp³-hybridized carbons (Fsp3) is 0.350. The Morgan fingerprint density at radius 2 is 1.69 bits per heavy atom. The van der Waals surface area contributed by atoms with Crippen LogP contribution in [0.25, 0.3) is 0 Å². The van der Waals surface area contributed by atoms with E-state index in [0.717, 1.165) is 19.5 Å². The summed E-state index contributed by atoms with van der Waals surface area (Å²) in [6.45, 7) is 4.49. The van der Waals surface area contributed by atoms with Gasteiger partial charge in [-0.3, -0.25) is 4.79 Å². The SMILES string of the molecule is CCN(CCCNC(=O)c1ccc(CS(C)(=O)=O)cc1)c1ccccc1.